The molecule has 0 fully saturated rings. The molecule has 0 bridgehead atoms. The molecule has 0 atom stereocenters. The predicted octanol–water partition coefficient (Wildman–Crippen LogP) is 3.93. The Morgan fingerprint density at radius 1 is 1.10 bits per heavy atom. The SMILES string of the molecule is O=C(O)COc1ccc(C(=O)c2ccc(Cl)o2)c(Cl)c1Cl. The molecular formula is C13H7Cl3O5. The fraction of sp³-hybridized carbons (Fsp3) is 0.0769. The van der Waals surface area contributed by atoms with Crippen molar-refractivity contribution in [2.75, 3.05) is 6.61 Å². The molecule has 0 aliphatic carbocycles. The Morgan fingerprint density at radius 3 is 2.38 bits per heavy atom. The number of ketones is 1. The van der Waals surface area contributed by atoms with Crippen molar-refractivity contribution in [2.24, 2.45) is 0 Å². The van der Waals surface area contributed by atoms with Crippen LogP contribution in [0.25, 0.3) is 0 Å². The molecule has 0 spiro atoms. The van der Waals surface area contributed by atoms with Gasteiger partial charge in [0.05, 0.1) is 5.02 Å². The zero-order valence-electron chi connectivity index (χ0n) is 10.2. The molecule has 21 heavy (non-hydrogen) atoms. The van der Waals surface area contributed by atoms with Gasteiger partial charge < -0.3 is 14.3 Å². The van der Waals surface area contributed by atoms with Crippen LogP contribution in [0.4, 0.5) is 0 Å². The van der Waals surface area contributed by atoms with Crippen molar-refractivity contribution in [3.8, 4) is 5.75 Å². The fourth-order valence-corrected chi connectivity index (χ4v) is 2.13. The third kappa shape index (κ3) is 3.50. The number of carbonyl (C=O) groups excluding carboxylic acids is 1. The Bertz CT molecular complexity index is 708. The molecular weight excluding hydrogens is 342 g/mol. The van der Waals surface area contributed by atoms with Gasteiger partial charge in [-0.3, -0.25) is 4.79 Å². The van der Waals surface area contributed by atoms with E-state index in [1.807, 2.05) is 0 Å². The van der Waals surface area contributed by atoms with E-state index >= 15 is 0 Å². The minimum Gasteiger partial charge on any atom is -0.480 e. The summed E-state index contributed by atoms with van der Waals surface area (Å²) in [5.41, 5.74) is 0.0929. The quantitative estimate of drug-likeness (QED) is 0.828. The summed E-state index contributed by atoms with van der Waals surface area (Å²) in [6, 6.07) is 5.55. The first-order valence-electron chi connectivity index (χ1n) is 5.52. The van der Waals surface area contributed by atoms with Gasteiger partial charge in [0, 0.05) is 5.56 Å². The van der Waals surface area contributed by atoms with Gasteiger partial charge in [0.2, 0.25) is 5.78 Å². The van der Waals surface area contributed by atoms with Crippen molar-refractivity contribution >= 4 is 46.6 Å². The van der Waals surface area contributed by atoms with Crippen LogP contribution >= 0.6 is 34.8 Å². The summed E-state index contributed by atoms with van der Waals surface area (Å²) in [7, 11) is 0. The van der Waals surface area contributed by atoms with Crippen molar-refractivity contribution in [3.63, 3.8) is 0 Å². The maximum Gasteiger partial charge on any atom is 0.341 e. The second-order valence-corrected chi connectivity index (χ2v) is 4.98. The van der Waals surface area contributed by atoms with Gasteiger partial charge in [-0.05, 0) is 35.9 Å². The van der Waals surface area contributed by atoms with Gasteiger partial charge in [-0.1, -0.05) is 23.2 Å². The number of carboxylic acid groups (broad SMARTS) is 1. The van der Waals surface area contributed by atoms with E-state index in [4.69, 9.17) is 49.1 Å². The van der Waals surface area contributed by atoms with E-state index in [2.05, 4.69) is 0 Å². The van der Waals surface area contributed by atoms with E-state index in [-0.39, 0.29) is 32.3 Å². The standard InChI is InChI=1S/C13H7Cl3O5/c14-9-4-3-8(21-9)13(19)6-1-2-7(12(16)11(6)15)20-5-10(17)18/h1-4H,5H2,(H,17,18). The number of halogens is 3. The number of aliphatic carboxylic acids is 1. The van der Waals surface area contributed by atoms with Crippen LogP contribution in [-0.2, 0) is 4.79 Å². The van der Waals surface area contributed by atoms with Crippen molar-refractivity contribution in [1.29, 1.82) is 0 Å². The van der Waals surface area contributed by atoms with E-state index < -0.39 is 18.4 Å². The van der Waals surface area contributed by atoms with Crippen LogP contribution in [0.5, 0.6) is 5.75 Å². The van der Waals surface area contributed by atoms with Gasteiger partial charge in [-0.15, -0.1) is 0 Å². The van der Waals surface area contributed by atoms with Gasteiger partial charge in [-0.25, -0.2) is 4.79 Å². The first-order valence-corrected chi connectivity index (χ1v) is 6.66. The molecule has 1 aromatic heterocycles. The van der Waals surface area contributed by atoms with Crippen LogP contribution in [-0.4, -0.2) is 23.5 Å². The molecule has 0 saturated heterocycles. The van der Waals surface area contributed by atoms with E-state index in [0.717, 1.165) is 0 Å². The van der Waals surface area contributed by atoms with Crippen LogP contribution in [0, 0.1) is 0 Å². The van der Waals surface area contributed by atoms with Gasteiger partial charge in [0.25, 0.3) is 0 Å². The summed E-state index contributed by atoms with van der Waals surface area (Å²) in [6.45, 7) is -0.572. The molecule has 0 radical (unpaired) electrons. The normalized spacial score (nSPS) is 10.4. The van der Waals surface area contributed by atoms with Crippen molar-refractivity contribution in [1.82, 2.24) is 0 Å². The molecule has 5 nitrogen and oxygen atoms in total. The summed E-state index contributed by atoms with van der Waals surface area (Å²) >= 11 is 17.6. The molecule has 0 unspecified atom stereocenters. The predicted molar refractivity (Wildman–Crippen MR) is 76.7 cm³/mol. The number of hydrogen-bond donors (Lipinski definition) is 1. The topological polar surface area (TPSA) is 76.7 Å². The lowest BCUT2D eigenvalue weighted by Gasteiger charge is -2.09. The molecule has 2 aromatic rings. The monoisotopic (exact) mass is 348 g/mol. The Labute approximate surface area is 134 Å². The summed E-state index contributed by atoms with van der Waals surface area (Å²) in [5, 5.41) is 8.51. The molecule has 2 rings (SSSR count). The highest BCUT2D eigenvalue weighted by Gasteiger charge is 2.20. The van der Waals surface area contributed by atoms with Crippen LogP contribution in [0.3, 0.4) is 0 Å². The maximum atomic E-state index is 12.2. The van der Waals surface area contributed by atoms with E-state index in [9.17, 15) is 9.59 Å². The molecule has 0 saturated carbocycles. The number of furan rings is 1. The number of hydrogen-bond acceptors (Lipinski definition) is 4. The highest BCUT2D eigenvalue weighted by molar-refractivity contribution is 6.45. The number of carbonyl (C=O) groups is 2. The zero-order valence-corrected chi connectivity index (χ0v) is 12.5. The molecule has 1 aromatic carbocycles. The van der Waals surface area contributed by atoms with E-state index in [1.165, 1.54) is 24.3 Å². The van der Waals surface area contributed by atoms with Gasteiger partial charge in [0.1, 0.15) is 10.8 Å². The van der Waals surface area contributed by atoms with Crippen molar-refractivity contribution in [2.45, 2.75) is 0 Å². The van der Waals surface area contributed by atoms with E-state index in [0.29, 0.717) is 0 Å². The Balaban J connectivity index is 2.32. The first-order chi connectivity index (χ1) is 9.90. The summed E-state index contributed by atoms with van der Waals surface area (Å²) in [6.07, 6.45) is 0. The van der Waals surface area contributed by atoms with E-state index in [1.54, 1.807) is 0 Å². The number of benzene rings is 1. The highest BCUT2D eigenvalue weighted by atomic mass is 35.5. The third-order valence-electron chi connectivity index (χ3n) is 2.44. The lowest BCUT2D eigenvalue weighted by atomic mass is 10.1. The maximum absolute atomic E-state index is 12.2. The zero-order chi connectivity index (χ0) is 15.6. The molecule has 110 valence electrons. The lowest BCUT2D eigenvalue weighted by Crippen LogP contribution is -2.10. The molecule has 0 aliphatic heterocycles. The van der Waals surface area contributed by atoms with Gasteiger partial charge in [-0.2, -0.15) is 0 Å². The average Bonchev–Trinajstić information content (AvgIpc) is 2.86. The summed E-state index contributed by atoms with van der Waals surface area (Å²) in [5.74, 6) is -1.58. The smallest absolute Gasteiger partial charge is 0.341 e. The Hall–Kier alpha value is -1.69. The number of ether oxygens (including phenoxy) is 1. The lowest BCUT2D eigenvalue weighted by molar-refractivity contribution is -0.139. The molecule has 1 heterocycles. The molecule has 0 aliphatic rings. The average molecular weight is 350 g/mol. The minimum atomic E-state index is -1.16. The van der Waals surface area contributed by atoms with Gasteiger partial charge >= 0.3 is 5.97 Å². The van der Waals surface area contributed by atoms with Crippen molar-refractivity contribution in [3.05, 3.63) is 50.9 Å². The summed E-state index contributed by atoms with van der Waals surface area (Å²) in [4.78, 5) is 22.6. The van der Waals surface area contributed by atoms with Crippen molar-refractivity contribution < 1.29 is 23.8 Å². The second-order valence-electron chi connectivity index (χ2n) is 3.85. The van der Waals surface area contributed by atoms with Gasteiger partial charge in [0.15, 0.2) is 17.6 Å². The Kier molecular flexibility index (Phi) is 4.77. The second kappa shape index (κ2) is 6.39. The minimum absolute atomic E-state index is 0.0113. The van der Waals surface area contributed by atoms with Crippen LogP contribution < -0.4 is 4.74 Å². The summed E-state index contributed by atoms with van der Waals surface area (Å²) < 4.78 is 9.96. The largest absolute Gasteiger partial charge is 0.480 e. The van der Waals surface area contributed by atoms with Crippen LogP contribution in [0.15, 0.2) is 28.7 Å². The molecule has 0 amide bonds. The fourth-order valence-electron chi connectivity index (χ4n) is 1.53. The van der Waals surface area contributed by atoms with Crippen LogP contribution in [0.1, 0.15) is 16.1 Å². The third-order valence-corrected chi connectivity index (χ3v) is 3.51. The number of carboxylic acids is 1. The Morgan fingerprint density at radius 2 is 1.81 bits per heavy atom. The highest BCUT2D eigenvalue weighted by Crippen LogP contribution is 2.36. The van der Waals surface area contributed by atoms with Crippen LogP contribution in [0.2, 0.25) is 15.3 Å². The molecule has 8 heteroatoms. The molecule has 1 N–H and O–H groups in total. The first kappa shape index (κ1) is 15.7. The number of rotatable bonds is 5.